The molecule has 0 unspecified atom stereocenters. The standard InChI is InChI=1S/C30H34ClN3O6S/c1-21(2)18-32-30(36)22(3)33(19-23-8-7-9-24(31)16-23)29(35)20-34(41(37,38)26-10-5-4-6-11-26)25-12-13-27-28(17-25)40-15-14-39-27/h4-13,16-17,21-22H,14-15,18-20H2,1-3H3,(H,32,36)/t22-/m1/s1. The molecule has 1 aliphatic heterocycles. The number of nitrogens with zero attached hydrogens (tertiary/aromatic N) is 2. The lowest BCUT2D eigenvalue weighted by Crippen LogP contribution is -2.51. The van der Waals surface area contributed by atoms with Crippen LogP contribution < -0.4 is 19.1 Å². The Hall–Kier alpha value is -3.76. The second-order valence-electron chi connectivity index (χ2n) is 10.1. The average molecular weight is 600 g/mol. The van der Waals surface area contributed by atoms with E-state index in [-0.39, 0.29) is 29.0 Å². The number of anilines is 1. The van der Waals surface area contributed by atoms with Crippen LogP contribution in [0.4, 0.5) is 5.69 Å². The summed E-state index contributed by atoms with van der Waals surface area (Å²) in [5.41, 5.74) is 0.928. The zero-order valence-electron chi connectivity index (χ0n) is 23.2. The van der Waals surface area contributed by atoms with Crippen molar-refractivity contribution >= 4 is 39.1 Å². The van der Waals surface area contributed by atoms with Gasteiger partial charge in [-0.25, -0.2) is 8.42 Å². The van der Waals surface area contributed by atoms with E-state index in [0.29, 0.717) is 41.8 Å². The third-order valence-corrected chi connectivity index (χ3v) is 8.54. The number of benzene rings is 3. The number of ether oxygens (including phenoxy) is 2. The number of sulfonamides is 1. The van der Waals surface area contributed by atoms with Crippen molar-refractivity contribution in [2.75, 3.05) is 30.6 Å². The van der Waals surface area contributed by atoms with Crippen LogP contribution in [0.15, 0.2) is 77.7 Å². The summed E-state index contributed by atoms with van der Waals surface area (Å²) >= 11 is 6.19. The third kappa shape index (κ3) is 7.51. The Kier molecular flexibility index (Phi) is 9.77. The van der Waals surface area contributed by atoms with E-state index < -0.39 is 28.5 Å². The average Bonchev–Trinajstić information content (AvgIpc) is 2.97. The largest absolute Gasteiger partial charge is 0.486 e. The van der Waals surface area contributed by atoms with E-state index in [1.165, 1.54) is 17.0 Å². The number of nitrogens with one attached hydrogen (secondary N) is 1. The van der Waals surface area contributed by atoms with Crippen LogP contribution in [0.5, 0.6) is 11.5 Å². The Morgan fingerprint density at radius 3 is 2.32 bits per heavy atom. The van der Waals surface area contributed by atoms with Gasteiger partial charge in [-0.15, -0.1) is 0 Å². The molecule has 1 aliphatic rings. The molecule has 0 saturated heterocycles. The topological polar surface area (TPSA) is 105 Å². The van der Waals surface area contributed by atoms with Gasteiger partial charge in [0, 0.05) is 24.2 Å². The molecule has 0 bridgehead atoms. The van der Waals surface area contributed by atoms with Crippen molar-refractivity contribution in [3.05, 3.63) is 83.4 Å². The fourth-order valence-corrected chi connectivity index (χ4v) is 5.94. The number of fused-ring (bicyclic) bond motifs is 1. The summed E-state index contributed by atoms with van der Waals surface area (Å²) < 4.78 is 40.2. The normalized spacial score (nSPS) is 13.4. The van der Waals surface area contributed by atoms with Gasteiger partial charge in [-0.2, -0.15) is 0 Å². The fraction of sp³-hybridized carbons (Fsp3) is 0.333. The van der Waals surface area contributed by atoms with Crippen molar-refractivity contribution in [1.29, 1.82) is 0 Å². The minimum Gasteiger partial charge on any atom is -0.486 e. The van der Waals surface area contributed by atoms with E-state index in [0.717, 1.165) is 4.31 Å². The van der Waals surface area contributed by atoms with Gasteiger partial charge in [0.2, 0.25) is 11.8 Å². The molecule has 0 saturated carbocycles. The van der Waals surface area contributed by atoms with Crippen LogP contribution in [-0.2, 0) is 26.2 Å². The molecule has 0 radical (unpaired) electrons. The first kappa shape index (κ1) is 30.2. The van der Waals surface area contributed by atoms with E-state index >= 15 is 0 Å². The van der Waals surface area contributed by atoms with Crippen LogP contribution in [0, 0.1) is 5.92 Å². The SMILES string of the molecule is CC(C)CNC(=O)[C@@H](C)N(Cc1cccc(Cl)c1)C(=O)CN(c1ccc2c(c1)OCCO2)S(=O)(=O)c1ccccc1. The quantitative estimate of drug-likeness (QED) is 0.348. The van der Waals surface area contributed by atoms with E-state index in [2.05, 4.69) is 5.32 Å². The van der Waals surface area contributed by atoms with Gasteiger partial charge in [-0.1, -0.05) is 55.8 Å². The van der Waals surface area contributed by atoms with Crippen molar-refractivity contribution in [3.8, 4) is 11.5 Å². The molecule has 3 aromatic rings. The molecule has 2 amide bonds. The van der Waals surface area contributed by atoms with Crippen LogP contribution in [0.3, 0.4) is 0 Å². The van der Waals surface area contributed by atoms with Gasteiger partial charge in [-0.3, -0.25) is 13.9 Å². The number of carbonyl (C=O) groups is 2. The maximum Gasteiger partial charge on any atom is 0.264 e. The maximum atomic E-state index is 14.0. The molecule has 3 aromatic carbocycles. The minimum atomic E-state index is -4.19. The predicted octanol–water partition coefficient (Wildman–Crippen LogP) is 4.50. The van der Waals surface area contributed by atoms with Crippen LogP contribution in [0.1, 0.15) is 26.3 Å². The molecule has 11 heteroatoms. The Bertz CT molecular complexity index is 1480. The van der Waals surface area contributed by atoms with Gasteiger partial charge in [-0.05, 0) is 54.8 Å². The van der Waals surface area contributed by atoms with E-state index in [1.807, 2.05) is 13.8 Å². The van der Waals surface area contributed by atoms with Gasteiger partial charge in [0.1, 0.15) is 25.8 Å². The Labute approximate surface area is 246 Å². The van der Waals surface area contributed by atoms with Crippen molar-refractivity contribution in [1.82, 2.24) is 10.2 Å². The van der Waals surface area contributed by atoms with E-state index in [4.69, 9.17) is 21.1 Å². The lowest BCUT2D eigenvalue weighted by atomic mass is 10.1. The predicted molar refractivity (Wildman–Crippen MR) is 158 cm³/mol. The summed E-state index contributed by atoms with van der Waals surface area (Å²) in [6.45, 7) is 6.20. The summed E-state index contributed by atoms with van der Waals surface area (Å²) in [6.07, 6.45) is 0. The molecule has 41 heavy (non-hydrogen) atoms. The first-order valence-corrected chi connectivity index (χ1v) is 15.2. The summed E-state index contributed by atoms with van der Waals surface area (Å²) in [4.78, 5) is 28.5. The van der Waals surface area contributed by atoms with Crippen LogP contribution in [-0.4, -0.2) is 57.5 Å². The van der Waals surface area contributed by atoms with Gasteiger partial charge >= 0.3 is 0 Å². The molecule has 0 aromatic heterocycles. The molecule has 1 N–H and O–H groups in total. The molecule has 1 heterocycles. The van der Waals surface area contributed by atoms with Gasteiger partial charge < -0.3 is 19.7 Å². The maximum absolute atomic E-state index is 14.0. The Morgan fingerprint density at radius 1 is 0.927 bits per heavy atom. The zero-order valence-corrected chi connectivity index (χ0v) is 24.8. The number of hydrogen-bond donors (Lipinski definition) is 1. The summed E-state index contributed by atoms with van der Waals surface area (Å²) in [5.74, 6) is 0.176. The second-order valence-corrected chi connectivity index (χ2v) is 12.4. The number of amides is 2. The Morgan fingerprint density at radius 2 is 1.63 bits per heavy atom. The van der Waals surface area contributed by atoms with Crippen LogP contribution in [0.25, 0.3) is 0 Å². The minimum absolute atomic E-state index is 0.0202. The van der Waals surface area contributed by atoms with Crippen molar-refractivity contribution in [2.24, 2.45) is 5.92 Å². The summed E-state index contributed by atoms with van der Waals surface area (Å²) in [7, 11) is -4.19. The first-order chi connectivity index (χ1) is 19.6. The molecule has 4 rings (SSSR count). The van der Waals surface area contributed by atoms with Crippen molar-refractivity contribution in [2.45, 2.75) is 38.3 Å². The molecular formula is C30H34ClN3O6S. The van der Waals surface area contributed by atoms with Crippen molar-refractivity contribution in [3.63, 3.8) is 0 Å². The number of carbonyl (C=O) groups excluding carboxylic acids is 2. The molecule has 218 valence electrons. The van der Waals surface area contributed by atoms with E-state index in [9.17, 15) is 18.0 Å². The molecule has 0 fully saturated rings. The smallest absolute Gasteiger partial charge is 0.264 e. The summed E-state index contributed by atoms with van der Waals surface area (Å²) in [5, 5.41) is 3.35. The monoisotopic (exact) mass is 599 g/mol. The number of halogens is 1. The summed E-state index contributed by atoms with van der Waals surface area (Å²) in [6, 6.07) is 18.7. The molecule has 0 aliphatic carbocycles. The lowest BCUT2D eigenvalue weighted by molar-refractivity contribution is -0.139. The second kappa shape index (κ2) is 13.3. The number of rotatable bonds is 11. The van der Waals surface area contributed by atoms with E-state index in [1.54, 1.807) is 67.6 Å². The molecular weight excluding hydrogens is 566 g/mol. The Balaban J connectivity index is 1.72. The van der Waals surface area contributed by atoms with Gasteiger partial charge in [0.15, 0.2) is 11.5 Å². The zero-order chi connectivity index (χ0) is 29.6. The van der Waals surface area contributed by atoms with Crippen LogP contribution >= 0.6 is 11.6 Å². The molecule has 9 nitrogen and oxygen atoms in total. The van der Waals surface area contributed by atoms with Crippen molar-refractivity contribution < 1.29 is 27.5 Å². The molecule has 0 spiro atoms. The fourth-order valence-electron chi connectivity index (χ4n) is 4.30. The molecule has 1 atom stereocenters. The van der Waals surface area contributed by atoms with Gasteiger partial charge in [0.05, 0.1) is 10.6 Å². The number of hydrogen-bond acceptors (Lipinski definition) is 6. The van der Waals surface area contributed by atoms with Crippen LogP contribution in [0.2, 0.25) is 5.02 Å². The highest BCUT2D eigenvalue weighted by molar-refractivity contribution is 7.92. The lowest BCUT2D eigenvalue weighted by Gasteiger charge is -2.32. The first-order valence-electron chi connectivity index (χ1n) is 13.4. The highest BCUT2D eigenvalue weighted by Gasteiger charge is 2.33. The highest BCUT2D eigenvalue weighted by Crippen LogP contribution is 2.36. The van der Waals surface area contributed by atoms with Gasteiger partial charge in [0.25, 0.3) is 10.0 Å². The third-order valence-electron chi connectivity index (χ3n) is 6.52. The highest BCUT2D eigenvalue weighted by atomic mass is 35.5.